The Morgan fingerprint density at radius 3 is 2.48 bits per heavy atom. The topological polar surface area (TPSA) is 150 Å². The molecule has 3 amide bonds. The van der Waals surface area contributed by atoms with Gasteiger partial charge in [-0.1, -0.05) is 34.6 Å². The second-order valence-electron chi connectivity index (χ2n) is 12.5. The second kappa shape index (κ2) is 11.4. The number of nitriles is 1. The lowest BCUT2D eigenvalue weighted by Gasteiger charge is -2.22. The first-order chi connectivity index (χ1) is 20.8. The van der Waals surface area contributed by atoms with E-state index >= 15 is 0 Å². The summed E-state index contributed by atoms with van der Waals surface area (Å²) >= 11 is 0. The molecule has 2 aromatic heterocycles. The van der Waals surface area contributed by atoms with E-state index in [1.165, 1.54) is 11.1 Å². The number of hydrogen-bond acceptors (Lipinski definition) is 8. The van der Waals surface area contributed by atoms with Crippen LogP contribution < -0.4 is 15.5 Å². The quantitative estimate of drug-likeness (QED) is 0.264. The van der Waals surface area contributed by atoms with Gasteiger partial charge in [0.25, 0.3) is 5.91 Å². The van der Waals surface area contributed by atoms with E-state index in [1.54, 1.807) is 49.4 Å². The fourth-order valence-corrected chi connectivity index (χ4v) is 4.71. The molecule has 0 spiro atoms. The molecule has 3 heterocycles. The Kier molecular flexibility index (Phi) is 7.86. The van der Waals surface area contributed by atoms with Crippen LogP contribution in [0.4, 0.5) is 16.3 Å². The Morgan fingerprint density at radius 1 is 1.14 bits per heavy atom. The SMILES string of the molecule is CC(C)c1cc(C#N)cc2nc(-c3ccc(C(=O)NCC4(C)CN(c5ccc(NC(=O)C(C)(C)C)cn5)C(=O)O4)cc3)oc12. The summed E-state index contributed by atoms with van der Waals surface area (Å²) in [4.78, 5) is 48.2. The van der Waals surface area contributed by atoms with Gasteiger partial charge in [0.05, 0.1) is 36.6 Å². The van der Waals surface area contributed by atoms with E-state index in [2.05, 4.69) is 26.7 Å². The molecule has 1 fully saturated rings. The van der Waals surface area contributed by atoms with Crippen molar-refractivity contribution in [2.24, 2.45) is 5.41 Å². The van der Waals surface area contributed by atoms with Crippen LogP contribution in [0.2, 0.25) is 0 Å². The second-order valence-corrected chi connectivity index (χ2v) is 12.5. The molecule has 2 N–H and O–H groups in total. The van der Waals surface area contributed by atoms with Crippen molar-refractivity contribution in [2.45, 2.75) is 53.1 Å². The number of carbonyl (C=O) groups is 3. The average Bonchev–Trinajstić information content (AvgIpc) is 3.55. The van der Waals surface area contributed by atoms with Crippen molar-refractivity contribution in [2.75, 3.05) is 23.3 Å². The smallest absolute Gasteiger partial charge is 0.416 e. The van der Waals surface area contributed by atoms with Gasteiger partial charge in [0.1, 0.15) is 16.9 Å². The predicted octanol–water partition coefficient (Wildman–Crippen LogP) is 6.01. The Labute approximate surface area is 255 Å². The number of pyridine rings is 1. The van der Waals surface area contributed by atoms with Gasteiger partial charge in [-0.05, 0) is 61.4 Å². The van der Waals surface area contributed by atoms with Crippen LogP contribution in [0, 0.1) is 16.7 Å². The standard InChI is InChI=1S/C33H34N6O5/c1-19(2)24-13-20(15-34)14-25-27(24)43-29(38-25)22-9-7-21(8-10-22)28(40)36-17-33(6)18-39(31(42)44-33)26-12-11-23(16-35-26)37-30(41)32(3,4)5/h7-14,16,19H,17-18H2,1-6H3,(H,36,40)(H,37,41). The van der Waals surface area contributed by atoms with E-state index < -0.39 is 17.1 Å². The van der Waals surface area contributed by atoms with Gasteiger partial charge in [-0.2, -0.15) is 5.26 Å². The van der Waals surface area contributed by atoms with Gasteiger partial charge in [0, 0.05) is 22.1 Å². The molecule has 1 saturated heterocycles. The number of hydrogen-bond donors (Lipinski definition) is 2. The highest BCUT2D eigenvalue weighted by atomic mass is 16.6. The largest absolute Gasteiger partial charge is 0.439 e. The summed E-state index contributed by atoms with van der Waals surface area (Å²) in [5, 5.41) is 15.0. The molecule has 226 valence electrons. The molecule has 2 aromatic carbocycles. The van der Waals surface area contributed by atoms with Crippen molar-refractivity contribution in [3.05, 3.63) is 71.4 Å². The number of cyclic esters (lactones) is 1. The molecular weight excluding hydrogens is 560 g/mol. The van der Waals surface area contributed by atoms with Gasteiger partial charge in [-0.15, -0.1) is 0 Å². The maximum atomic E-state index is 13.0. The summed E-state index contributed by atoms with van der Waals surface area (Å²) in [6.07, 6.45) is 0.909. The van der Waals surface area contributed by atoms with Crippen LogP contribution in [0.15, 0.2) is 59.1 Å². The lowest BCUT2D eigenvalue weighted by Crippen LogP contribution is -2.43. The highest BCUT2D eigenvalue weighted by Gasteiger charge is 2.43. The number of anilines is 2. The zero-order chi connectivity index (χ0) is 31.8. The van der Waals surface area contributed by atoms with Crippen molar-refractivity contribution in [3.8, 4) is 17.5 Å². The van der Waals surface area contributed by atoms with Crippen molar-refractivity contribution in [1.82, 2.24) is 15.3 Å². The lowest BCUT2D eigenvalue weighted by molar-refractivity contribution is -0.123. The number of ether oxygens (including phenoxy) is 1. The Morgan fingerprint density at radius 2 is 1.86 bits per heavy atom. The van der Waals surface area contributed by atoms with E-state index in [0.717, 1.165) is 5.56 Å². The third-order valence-corrected chi connectivity index (χ3v) is 7.30. The molecule has 4 aromatic rings. The maximum Gasteiger partial charge on any atom is 0.416 e. The van der Waals surface area contributed by atoms with Gasteiger partial charge in [0.15, 0.2) is 5.58 Å². The van der Waals surface area contributed by atoms with Crippen LogP contribution in [-0.4, -0.2) is 46.6 Å². The number of nitrogens with one attached hydrogen (secondary N) is 2. The number of nitrogens with zero attached hydrogens (tertiary/aromatic N) is 4. The lowest BCUT2D eigenvalue weighted by atomic mass is 9.96. The van der Waals surface area contributed by atoms with Crippen molar-refractivity contribution >= 4 is 40.5 Å². The number of rotatable bonds is 7. The fourth-order valence-electron chi connectivity index (χ4n) is 4.71. The van der Waals surface area contributed by atoms with Crippen LogP contribution in [0.1, 0.15) is 68.9 Å². The molecule has 11 nitrogen and oxygen atoms in total. The van der Waals surface area contributed by atoms with Gasteiger partial charge in [0.2, 0.25) is 11.8 Å². The summed E-state index contributed by atoms with van der Waals surface area (Å²) in [6.45, 7) is 11.5. The van der Waals surface area contributed by atoms with Crippen LogP contribution >= 0.6 is 0 Å². The summed E-state index contributed by atoms with van der Waals surface area (Å²) < 4.78 is 11.7. The first kappa shape index (κ1) is 30.2. The number of benzene rings is 2. The minimum absolute atomic E-state index is 0.0832. The number of fused-ring (bicyclic) bond motifs is 1. The minimum atomic E-state index is -0.984. The van der Waals surface area contributed by atoms with Crippen molar-refractivity contribution in [3.63, 3.8) is 0 Å². The van der Waals surface area contributed by atoms with E-state index in [-0.39, 0.29) is 30.8 Å². The normalized spacial score (nSPS) is 16.6. The maximum absolute atomic E-state index is 13.0. The van der Waals surface area contributed by atoms with Crippen LogP contribution in [0.3, 0.4) is 0 Å². The molecule has 1 unspecified atom stereocenters. The Hall–Kier alpha value is -5.24. The number of carbonyl (C=O) groups excluding carboxylic acids is 3. The Bertz CT molecular complexity index is 1780. The zero-order valence-electron chi connectivity index (χ0n) is 25.5. The van der Waals surface area contributed by atoms with Crippen molar-refractivity contribution < 1.29 is 23.5 Å². The molecule has 0 saturated carbocycles. The third-order valence-electron chi connectivity index (χ3n) is 7.30. The highest BCUT2D eigenvalue weighted by molar-refractivity contribution is 5.96. The van der Waals surface area contributed by atoms with Crippen LogP contribution in [0.5, 0.6) is 0 Å². The molecule has 11 heteroatoms. The monoisotopic (exact) mass is 594 g/mol. The molecule has 1 aliphatic heterocycles. The first-order valence-corrected chi connectivity index (χ1v) is 14.3. The van der Waals surface area contributed by atoms with Crippen LogP contribution in [-0.2, 0) is 9.53 Å². The van der Waals surface area contributed by atoms with Gasteiger partial charge >= 0.3 is 6.09 Å². The third kappa shape index (κ3) is 6.24. The molecule has 44 heavy (non-hydrogen) atoms. The number of aromatic nitrogens is 2. The first-order valence-electron chi connectivity index (χ1n) is 14.3. The Balaban J connectivity index is 1.22. The zero-order valence-corrected chi connectivity index (χ0v) is 25.5. The average molecular weight is 595 g/mol. The van der Waals surface area contributed by atoms with E-state index in [1.807, 2.05) is 40.7 Å². The van der Waals surface area contributed by atoms with Gasteiger partial charge in [-0.25, -0.2) is 14.8 Å². The van der Waals surface area contributed by atoms with Crippen LogP contribution in [0.25, 0.3) is 22.6 Å². The molecule has 1 atom stereocenters. The predicted molar refractivity (Wildman–Crippen MR) is 165 cm³/mol. The summed E-state index contributed by atoms with van der Waals surface area (Å²) in [7, 11) is 0. The molecular formula is C33H34N6O5. The summed E-state index contributed by atoms with van der Waals surface area (Å²) in [5.74, 6) is 0.440. The minimum Gasteiger partial charge on any atom is -0.439 e. The molecule has 0 radical (unpaired) electrons. The fraction of sp³-hybridized carbons (Fsp3) is 0.333. The highest BCUT2D eigenvalue weighted by Crippen LogP contribution is 2.32. The van der Waals surface area contributed by atoms with E-state index in [4.69, 9.17) is 9.15 Å². The summed E-state index contributed by atoms with van der Waals surface area (Å²) in [5.41, 5.74) is 2.76. The van der Waals surface area contributed by atoms with Gasteiger partial charge < -0.3 is 19.8 Å². The molecule has 0 aliphatic carbocycles. The number of oxazole rings is 1. The molecule has 0 bridgehead atoms. The van der Waals surface area contributed by atoms with E-state index in [0.29, 0.717) is 45.2 Å². The van der Waals surface area contributed by atoms with E-state index in [9.17, 15) is 19.6 Å². The van der Waals surface area contributed by atoms with Gasteiger partial charge in [-0.3, -0.25) is 14.5 Å². The molecule has 5 rings (SSSR count). The number of amides is 3. The molecule has 1 aliphatic rings. The summed E-state index contributed by atoms with van der Waals surface area (Å²) in [6, 6.07) is 15.8. The van der Waals surface area contributed by atoms with Crippen molar-refractivity contribution in [1.29, 1.82) is 5.26 Å².